The lowest BCUT2D eigenvalue weighted by molar-refractivity contribution is 0.0903. The zero-order valence-corrected chi connectivity index (χ0v) is 17.9. The Balaban J connectivity index is 1.82. The van der Waals surface area contributed by atoms with Gasteiger partial charge < -0.3 is 25.0 Å². The monoisotopic (exact) mass is 435 g/mol. The number of carbonyl (C=O) groups excluding carboxylic acids is 1. The minimum Gasteiger partial charge on any atom is -0.485 e. The van der Waals surface area contributed by atoms with Gasteiger partial charge >= 0.3 is 0 Å². The molecule has 0 saturated heterocycles. The van der Waals surface area contributed by atoms with Gasteiger partial charge in [-0.1, -0.05) is 66.7 Å². The van der Waals surface area contributed by atoms with Crippen LogP contribution in [0.3, 0.4) is 0 Å². The number of aliphatic hydroxyl groups is 2. The second kappa shape index (κ2) is 12.5. The molecule has 0 aliphatic carbocycles. The van der Waals surface area contributed by atoms with Crippen molar-refractivity contribution in [2.24, 2.45) is 0 Å². The van der Waals surface area contributed by atoms with Crippen LogP contribution in [0.1, 0.15) is 34.3 Å². The van der Waals surface area contributed by atoms with Crippen molar-refractivity contribution in [1.29, 1.82) is 0 Å². The summed E-state index contributed by atoms with van der Waals surface area (Å²) in [5.41, 5.74) is 2.29. The fraction of sp³-hybridized carbons (Fsp3) is 0.269. The fourth-order valence-corrected chi connectivity index (χ4v) is 3.23. The van der Waals surface area contributed by atoms with E-state index in [-0.39, 0.29) is 25.7 Å². The van der Waals surface area contributed by atoms with Crippen LogP contribution in [0.2, 0.25) is 0 Å². The summed E-state index contributed by atoms with van der Waals surface area (Å²) in [6.07, 6.45) is 0.965. The van der Waals surface area contributed by atoms with E-state index in [1.165, 1.54) is 0 Å². The molecule has 0 spiro atoms. The Morgan fingerprint density at radius 3 is 2.03 bits per heavy atom. The number of hydrogen-bond donors (Lipinski definition) is 3. The van der Waals surface area contributed by atoms with E-state index in [2.05, 4.69) is 5.32 Å². The van der Waals surface area contributed by atoms with Gasteiger partial charge in [-0.25, -0.2) is 0 Å². The Labute approximate surface area is 188 Å². The number of rotatable bonds is 12. The Morgan fingerprint density at radius 2 is 1.44 bits per heavy atom. The van der Waals surface area contributed by atoms with Crippen LogP contribution in [0, 0.1) is 0 Å². The molecule has 0 saturated carbocycles. The number of ether oxygens (including phenoxy) is 2. The molecule has 0 bridgehead atoms. The number of aliphatic hydroxyl groups excluding tert-OH is 2. The Morgan fingerprint density at radius 1 is 0.812 bits per heavy atom. The molecule has 0 fully saturated rings. The summed E-state index contributed by atoms with van der Waals surface area (Å²) in [6, 6.07) is 24.2. The Kier molecular flexibility index (Phi) is 9.10. The average Bonchev–Trinajstić information content (AvgIpc) is 2.85. The standard InChI is InChI=1S/C26H29NO5/c28-16-8-13-22(17-29)27-26(30)23-14-7-15-24(31-18-20-9-3-1-4-10-20)25(23)32-19-21-11-5-2-6-12-21/h1-7,9-12,14-15,22,28-29H,8,13,16-19H2,(H,27,30)/t22-/m1/s1. The van der Waals surface area contributed by atoms with Crippen molar-refractivity contribution in [3.8, 4) is 11.5 Å². The van der Waals surface area contributed by atoms with E-state index in [1.54, 1.807) is 18.2 Å². The van der Waals surface area contributed by atoms with Crippen LogP contribution in [0.25, 0.3) is 0 Å². The van der Waals surface area contributed by atoms with Gasteiger partial charge in [-0.05, 0) is 36.1 Å². The van der Waals surface area contributed by atoms with E-state index in [0.29, 0.717) is 36.5 Å². The van der Waals surface area contributed by atoms with E-state index < -0.39 is 6.04 Å². The third-order valence-electron chi connectivity index (χ3n) is 4.95. The van der Waals surface area contributed by atoms with Crippen LogP contribution in [0.5, 0.6) is 11.5 Å². The van der Waals surface area contributed by atoms with Crippen LogP contribution in [-0.4, -0.2) is 35.4 Å². The lowest BCUT2D eigenvalue weighted by Gasteiger charge is -2.19. The number of nitrogens with one attached hydrogen (secondary N) is 1. The molecule has 168 valence electrons. The Bertz CT molecular complexity index is 962. The van der Waals surface area contributed by atoms with Crippen LogP contribution >= 0.6 is 0 Å². The SMILES string of the molecule is O=C(N[C@@H](CO)CCCO)c1cccc(OCc2ccccc2)c1OCc1ccccc1. The summed E-state index contributed by atoms with van der Waals surface area (Å²) >= 11 is 0. The maximum Gasteiger partial charge on any atom is 0.255 e. The van der Waals surface area contributed by atoms with E-state index in [4.69, 9.17) is 14.6 Å². The highest BCUT2D eigenvalue weighted by atomic mass is 16.5. The van der Waals surface area contributed by atoms with Gasteiger partial charge in [0.05, 0.1) is 18.2 Å². The highest BCUT2D eigenvalue weighted by Gasteiger charge is 2.20. The summed E-state index contributed by atoms with van der Waals surface area (Å²) in [6.45, 7) is 0.404. The van der Waals surface area contributed by atoms with Crippen molar-refractivity contribution in [2.45, 2.75) is 32.1 Å². The largest absolute Gasteiger partial charge is 0.485 e. The first-order valence-electron chi connectivity index (χ1n) is 10.7. The van der Waals surface area contributed by atoms with Crippen LogP contribution in [0.4, 0.5) is 0 Å². The molecule has 32 heavy (non-hydrogen) atoms. The molecular weight excluding hydrogens is 406 g/mol. The molecule has 0 aliphatic heterocycles. The summed E-state index contributed by atoms with van der Waals surface area (Å²) < 4.78 is 12.1. The van der Waals surface area contributed by atoms with Crippen LogP contribution in [0.15, 0.2) is 78.9 Å². The second-order valence-corrected chi connectivity index (χ2v) is 7.40. The first kappa shape index (κ1) is 23.3. The van der Waals surface area contributed by atoms with Crippen molar-refractivity contribution in [3.63, 3.8) is 0 Å². The predicted molar refractivity (Wildman–Crippen MR) is 123 cm³/mol. The molecule has 0 aromatic heterocycles. The number of para-hydroxylation sites is 1. The van der Waals surface area contributed by atoms with Crippen molar-refractivity contribution in [1.82, 2.24) is 5.32 Å². The lowest BCUT2D eigenvalue weighted by atomic mass is 10.1. The third-order valence-corrected chi connectivity index (χ3v) is 4.95. The molecule has 3 rings (SSSR count). The smallest absolute Gasteiger partial charge is 0.255 e. The maximum absolute atomic E-state index is 13.0. The molecule has 6 nitrogen and oxygen atoms in total. The van der Waals surface area contributed by atoms with Crippen molar-refractivity contribution < 1.29 is 24.5 Å². The van der Waals surface area contributed by atoms with Gasteiger partial charge in [0, 0.05) is 6.61 Å². The fourth-order valence-electron chi connectivity index (χ4n) is 3.23. The van der Waals surface area contributed by atoms with Gasteiger partial charge in [0.1, 0.15) is 13.2 Å². The summed E-state index contributed by atoms with van der Waals surface area (Å²) in [4.78, 5) is 13.0. The second-order valence-electron chi connectivity index (χ2n) is 7.40. The van der Waals surface area contributed by atoms with E-state index >= 15 is 0 Å². The molecule has 3 aromatic rings. The summed E-state index contributed by atoms with van der Waals surface area (Å²) in [5, 5.41) is 21.4. The lowest BCUT2D eigenvalue weighted by Crippen LogP contribution is -2.37. The topological polar surface area (TPSA) is 88.0 Å². The summed E-state index contributed by atoms with van der Waals surface area (Å²) in [7, 11) is 0. The highest BCUT2D eigenvalue weighted by Crippen LogP contribution is 2.33. The van der Waals surface area contributed by atoms with Crippen molar-refractivity contribution >= 4 is 5.91 Å². The molecule has 1 atom stereocenters. The van der Waals surface area contributed by atoms with Gasteiger partial charge in [-0.3, -0.25) is 4.79 Å². The molecule has 0 heterocycles. The normalized spacial score (nSPS) is 11.6. The number of amides is 1. The molecule has 1 amide bonds. The highest BCUT2D eigenvalue weighted by molar-refractivity contribution is 5.98. The van der Waals surface area contributed by atoms with Crippen molar-refractivity contribution in [3.05, 3.63) is 95.6 Å². The molecule has 6 heteroatoms. The molecular formula is C26H29NO5. The van der Waals surface area contributed by atoms with Gasteiger partial charge in [0.25, 0.3) is 5.91 Å². The molecule has 0 unspecified atom stereocenters. The summed E-state index contributed by atoms with van der Waals surface area (Å²) in [5.74, 6) is 0.451. The van der Waals surface area contributed by atoms with Crippen LogP contribution < -0.4 is 14.8 Å². The quantitative estimate of drug-likeness (QED) is 0.404. The first-order chi connectivity index (χ1) is 15.7. The van der Waals surface area contributed by atoms with Crippen LogP contribution in [-0.2, 0) is 13.2 Å². The minimum atomic E-state index is -0.453. The van der Waals surface area contributed by atoms with Gasteiger partial charge in [-0.15, -0.1) is 0 Å². The predicted octanol–water partition coefficient (Wildman–Crippen LogP) is 3.71. The van der Waals surface area contributed by atoms with Gasteiger partial charge in [-0.2, -0.15) is 0 Å². The number of carbonyl (C=O) groups is 1. The zero-order chi connectivity index (χ0) is 22.6. The number of hydrogen-bond acceptors (Lipinski definition) is 5. The molecule has 3 aromatic carbocycles. The van der Waals surface area contributed by atoms with Gasteiger partial charge in [0.15, 0.2) is 11.5 Å². The van der Waals surface area contributed by atoms with Gasteiger partial charge in [0.2, 0.25) is 0 Å². The van der Waals surface area contributed by atoms with E-state index in [0.717, 1.165) is 11.1 Å². The molecule has 0 aliphatic rings. The molecule has 0 radical (unpaired) electrons. The van der Waals surface area contributed by atoms with E-state index in [1.807, 2.05) is 60.7 Å². The zero-order valence-electron chi connectivity index (χ0n) is 17.9. The first-order valence-corrected chi connectivity index (χ1v) is 10.7. The third kappa shape index (κ3) is 6.83. The number of benzene rings is 3. The van der Waals surface area contributed by atoms with E-state index in [9.17, 15) is 9.90 Å². The Hall–Kier alpha value is -3.35. The average molecular weight is 436 g/mol. The molecule has 3 N–H and O–H groups in total. The van der Waals surface area contributed by atoms with Crippen molar-refractivity contribution in [2.75, 3.05) is 13.2 Å². The maximum atomic E-state index is 13.0. The minimum absolute atomic E-state index is 0.000613.